The lowest BCUT2D eigenvalue weighted by molar-refractivity contribution is 0.665. The lowest BCUT2D eigenvalue weighted by atomic mass is 9.96. The molecule has 0 saturated carbocycles. The summed E-state index contributed by atoms with van der Waals surface area (Å²) in [4.78, 5) is 9.04. The van der Waals surface area contributed by atoms with Gasteiger partial charge in [0.25, 0.3) is 0 Å². The van der Waals surface area contributed by atoms with E-state index in [2.05, 4.69) is 20.7 Å². The quantitative estimate of drug-likeness (QED) is 0.580. The molecule has 0 amide bonds. The number of aryl methyl sites for hydroxylation is 1. The molecule has 3 rings (SSSR count). The summed E-state index contributed by atoms with van der Waals surface area (Å²) < 4.78 is 0. The topological polar surface area (TPSA) is 75.9 Å². The van der Waals surface area contributed by atoms with E-state index in [0.29, 0.717) is 5.95 Å². The van der Waals surface area contributed by atoms with Crippen LogP contribution in [0.25, 0.3) is 0 Å². The van der Waals surface area contributed by atoms with Crippen molar-refractivity contribution in [2.75, 3.05) is 10.7 Å². The zero-order valence-electron chi connectivity index (χ0n) is 10.7. The molecule has 2 aromatic rings. The molecule has 1 heterocycles. The van der Waals surface area contributed by atoms with E-state index in [1.54, 1.807) is 0 Å². The zero-order chi connectivity index (χ0) is 13.1. The van der Waals surface area contributed by atoms with Gasteiger partial charge in [0, 0.05) is 11.3 Å². The first-order chi connectivity index (χ1) is 9.36. The maximum atomic E-state index is 5.57. The molecule has 0 saturated heterocycles. The summed E-state index contributed by atoms with van der Waals surface area (Å²) >= 11 is 0. The van der Waals surface area contributed by atoms with Crippen LogP contribution in [-0.4, -0.2) is 9.97 Å². The van der Waals surface area contributed by atoms with Gasteiger partial charge in [-0.05, 0) is 37.8 Å². The minimum atomic E-state index is 0.597. The van der Waals surface area contributed by atoms with Crippen LogP contribution in [0.5, 0.6) is 0 Å². The third kappa shape index (κ3) is 2.51. The number of hydrogen-bond donors (Lipinski definition) is 3. The highest BCUT2D eigenvalue weighted by molar-refractivity contribution is 5.57. The van der Waals surface area contributed by atoms with Crippen molar-refractivity contribution in [1.29, 1.82) is 0 Å². The van der Waals surface area contributed by atoms with Gasteiger partial charge in [-0.1, -0.05) is 18.2 Å². The minimum Gasteiger partial charge on any atom is -0.324 e. The Morgan fingerprint density at radius 3 is 2.58 bits per heavy atom. The van der Waals surface area contributed by atoms with Gasteiger partial charge in [0.2, 0.25) is 5.95 Å². The van der Waals surface area contributed by atoms with Crippen molar-refractivity contribution in [2.24, 2.45) is 5.84 Å². The molecule has 5 heteroatoms. The van der Waals surface area contributed by atoms with Crippen LogP contribution in [0.4, 0.5) is 17.5 Å². The maximum Gasteiger partial charge on any atom is 0.229 e. The van der Waals surface area contributed by atoms with E-state index in [4.69, 9.17) is 5.84 Å². The van der Waals surface area contributed by atoms with Crippen molar-refractivity contribution in [3.05, 3.63) is 41.6 Å². The number of anilines is 3. The summed E-state index contributed by atoms with van der Waals surface area (Å²) in [6, 6.07) is 9.90. The zero-order valence-corrected chi connectivity index (χ0v) is 10.7. The van der Waals surface area contributed by atoms with E-state index in [1.807, 2.05) is 30.3 Å². The van der Waals surface area contributed by atoms with Crippen molar-refractivity contribution >= 4 is 17.5 Å². The molecule has 0 bridgehead atoms. The number of para-hydroxylation sites is 1. The second-order valence-electron chi connectivity index (χ2n) is 4.66. The minimum absolute atomic E-state index is 0.597. The fraction of sp³-hybridized carbons (Fsp3) is 0.286. The van der Waals surface area contributed by atoms with Crippen LogP contribution in [0.1, 0.15) is 24.1 Å². The summed E-state index contributed by atoms with van der Waals surface area (Å²) in [5.74, 6) is 6.90. The van der Waals surface area contributed by atoms with Crippen molar-refractivity contribution in [2.45, 2.75) is 25.7 Å². The van der Waals surface area contributed by atoms with Gasteiger partial charge < -0.3 is 10.7 Å². The predicted molar refractivity (Wildman–Crippen MR) is 76.2 cm³/mol. The highest BCUT2D eigenvalue weighted by Crippen LogP contribution is 2.26. The Morgan fingerprint density at radius 1 is 1.00 bits per heavy atom. The number of hydrazine groups is 1. The first kappa shape index (κ1) is 11.9. The number of aromatic nitrogens is 2. The van der Waals surface area contributed by atoms with Crippen LogP contribution < -0.4 is 16.6 Å². The summed E-state index contributed by atoms with van der Waals surface area (Å²) in [5, 5.41) is 3.21. The highest BCUT2D eigenvalue weighted by Gasteiger charge is 2.17. The largest absolute Gasteiger partial charge is 0.324 e. The Hall–Kier alpha value is -2.14. The van der Waals surface area contributed by atoms with Gasteiger partial charge in [-0.2, -0.15) is 4.98 Å². The normalized spacial score (nSPS) is 13.7. The van der Waals surface area contributed by atoms with E-state index >= 15 is 0 Å². The van der Waals surface area contributed by atoms with Gasteiger partial charge in [0.15, 0.2) is 0 Å². The number of fused-ring (bicyclic) bond motifs is 1. The number of nitrogens with one attached hydrogen (secondary N) is 2. The van der Waals surface area contributed by atoms with E-state index in [0.717, 1.165) is 35.6 Å². The smallest absolute Gasteiger partial charge is 0.229 e. The van der Waals surface area contributed by atoms with Crippen molar-refractivity contribution < 1.29 is 0 Å². The molecule has 19 heavy (non-hydrogen) atoms. The number of benzene rings is 1. The predicted octanol–water partition coefficient (Wildman–Crippen LogP) is 2.38. The van der Waals surface area contributed by atoms with E-state index < -0.39 is 0 Å². The molecule has 0 spiro atoms. The first-order valence-corrected chi connectivity index (χ1v) is 6.55. The van der Waals surface area contributed by atoms with Gasteiger partial charge in [-0.3, -0.25) is 0 Å². The molecular formula is C14H17N5. The van der Waals surface area contributed by atoms with E-state index in [1.165, 1.54) is 12.8 Å². The molecular weight excluding hydrogens is 238 g/mol. The Balaban J connectivity index is 1.94. The molecule has 0 radical (unpaired) electrons. The fourth-order valence-corrected chi connectivity index (χ4v) is 2.42. The molecule has 0 fully saturated rings. The van der Waals surface area contributed by atoms with Gasteiger partial charge in [-0.15, -0.1) is 0 Å². The molecule has 0 atom stereocenters. The van der Waals surface area contributed by atoms with E-state index in [9.17, 15) is 0 Å². The van der Waals surface area contributed by atoms with E-state index in [-0.39, 0.29) is 0 Å². The molecule has 1 aromatic carbocycles. The highest BCUT2D eigenvalue weighted by atomic mass is 15.3. The van der Waals surface area contributed by atoms with Gasteiger partial charge in [-0.25, -0.2) is 10.8 Å². The first-order valence-electron chi connectivity index (χ1n) is 6.55. The van der Waals surface area contributed by atoms with Crippen LogP contribution in [0.3, 0.4) is 0 Å². The molecule has 0 aliphatic heterocycles. The monoisotopic (exact) mass is 255 g/mol. The summed E-state index contributed by atoms with van der Waals surface area (Å²) in [5.41, 5.74) is 5.93. The van der Waals surface area contributed by atoms with Crippen molar-refractivity contribution in [1.82, 2.24) is 9.97 Å². The van der Waals surface area contributed by atoms with Crippen LogP contribution in [0.15, 0.2) is 30.3 Å². The summed E-state index contributed by atoms with van der Waals surface area (Å²) in [6.45, 7) is 0. The van der Waals surface area contributed by atoms with Crippen LogP contribution in [0, 0.1) is 0 Å². The number of hydrogen-bond acceptors (Lipinski definition) is 5. The summed E-state index contributed by atoms with van der Waals surface area (Å²) in [6.07, 6.45) is 4.35. The number of nitrogens with two attached hydrogens (primary N) is 1. The number of rotatable bonds is 3. The standard InChI is InChI=1S/C14H17N5/c15-19-13-11-8-4-5-9-12(11)17-14(18-13)16-10-6-2-1-3-7-10/h1-3,6-7H,4-5,8-9,15H2,(H2,16,17,18,19). The molecule has 5 nitrogen and oxygen atoms in total. The lowest BCUT2D eigenvalue weighted by Crippen LogP contribution is -2.17. The SMILES string of the molecule is NNc1nc(Nc2ccccc2)nc2c1CCCC2. The molecule has 4 N–H and O–H groups in total. The van der Waals surface area contributed by atoms with Crippen LogP contribution in [0.2, 0.25) is 0 Å². The number of nitrogen functional groups attached to an aromatic ring is 1. The second kappa shape index (κ2) is 5.24. The van der Waals surface area contributed by atoms with Gasteiger partial charge in [0.05, 0.1) is 5.69 Å². The maximum absolute atomic E-state index is 5.57. The fourth-order valence-electron chi connectivity index (χ4n) is 2.42. The molecule has 98 valence electrons. The second-order valence-corrected chi connectivity index (χ2v) is 4.66. The Bertz CT molecular complexity index is 550. The Kier molecular flexibility index (Phi) is 3.29. The number of nitrogens with zero attached hydrogens (tertiary/aromatic N) is 2. The van der Waals surface area contributed by atoms with Crippen LogP contribution in [-0.2, 0) is 12.8 Å². The average Bonchev–Trinajstić information content (AvgIpc) is 2.47. The third-order valence-electron chi connectivity index (χ3n) is 3.35. The Morgan fingerprint density at radius 2 is 1.79 bits per heavy atom. The molecule has 1 aliphatic carbocycles. The lowest BCUT2D eigenvalue weighted by Gasteiger charge is -2.18. The average molecular weight is 255 g/mol. The summed E-state index contributed by atoms with van der Waals surface area (Å²) in [7, 11) is 0. The molecule has 1 aliphatic rings. The van der Waals surface area contributed by atoms with Gasteiger partial charge >= 0.3 is 0 Å². The Labute approximate surface area is 112 Å². The van der Waals surface area contributed by atoms with Crippen LogP contribution >= 0.6 is 0 Å². The van der Waals surface area contributed by atoms with Crippen molar-refractivity contribution in [3.8, 4) is 0 Å². The molecule has 0 unspecified atom stereocenters. The van der Waals surface area contributed by atoms with Gasteiger partial charge in [0.1, 0.15) is 5.82 Å². The molecule has 1 aromatic heterocycles. The van der Waals surface area contributed by atoms with Crippen molar-refractivity contribution in [3.63, 3.8) is 0 Å². The third-order valence-corrected chi connectivity index (χ3v) is 3.35.